The second-order valence-corrected chi connectivity index (χ2v) is 25.2. The molecule has 0 fully saturated rings. The lowest BCUT2D eigenvalue weighted by atomic mass is 9.33. The van der Waals surface area contributed by atoms with Gasteiger partial charge in [0.1, 0.15) is 0 Å². The summed E-state index contributed by atoms with van der Waals surface area (Å²) in [5.74, 6) is 0. The lowest BCUT2D eigenvalue weighted by Crippen LogP contribution is -2.61. The molecule has 2 aliphatic heterocycles. The van der Waals surface area contributed by atoms with Crippen LogP contribution in [-0.4, -0.2) is 11.3 Å². The molecule has 3 heterocycles. The molecule has 436 valence electrons. The van der Waals surface area contributed by atoms with E-state index in [1.807, 2.05) is 115 Å². The first-order valence-electron chi connectivity index (χ1n) is 39.5. The van der Waals surface area contributed by atoms with Crippen LogP contribution in [0.3, 0.4) is 0 Å². The second kappa shape index (κ2) is 22.0. The Kier molecular flexibility index (Phi) is 9.48. The highest BCUT2D eigenvalue weighted by atomic mass is 15.2. The largest absolute Gasteiger partial charge is 0.311 e. The summed E-state index contributed by atoms with van der Waals surface area (Å²) in [6.07, 6.45) is 0. The Bertz CT molecular complexity index is 6000. The molecule has 14 aromatic rings. The summed E-state index contributed by atoms with van der Waals surface area (Å²) in [6, 6.07) is 56.4. The van der Waals surface area contributed by atoms with Crippen molar-refractivity contribution in [3.63, 3.8) is 0 Å². The average Bonchev–Trinajstić information content (AvgIpc) is 1.15. The van der Waals surface area contributed by atoms with E-state index in [0.717, 1.165) is 83.6 Å². The number of hydrogen-bond acceptors (Lipinski definition) is 3. The third-order valence-electron chi connectivity index (χ3n) is 17.7. The maximum Gasteiger partial charge on any atom is 0.252 e. The van der Waals surface area contributed by atoms with Crippen LogP contribution >= 0.6 is 0 Å². The maximum absolute atomic E-state index is 9.76. The smallest absolute Gasteiger partial charge is 0.252 e. The van der Waals surface area contributed by atoms with Gasteiger partial charge in [0.25, 0.3) is 6.71 Å². The molecule has 0 amide bonds. The van der Waals surface area contributed by atoms with E-state index in [0.29, 0.717) is 22.6 Å². The fraction of sp³-hybridized carbons (Fsp3) is 0.0930. The first kappa shape index (κ1) is 39.2. The van der Waals surface area contributed by atoms with E-state index in [2.05, 4.69) is 112 Å². The summed E-state index contributed by atoms with van der Waals surface area (Å²) < 4.78 is 166. The van der Waals surface area contributed by atoms with Crippen molar-refractivity contribution in [1.29, 1.82) is 0 Å². The van der Waals surface area contributed by atoms with Gasteiger partial charge in [-0.1, -0.05) is 247 Å². The van der Waals surface area contributed by atoms with E-state index in [4.69, 9.17) is 13.7 Å². The van der Waals surface area contributed by atoms with Crippen molar-refractivity contribution in [2.45, 2.75) is 52.4 Å². The van der Waals surface area contributed by atoms with Gasteiger partial charge in [0.2, 0.25) is 0 Å². The van der Waals surface area contributed by atoms with Crippen LogP contribution in [0.2, 0.25) is 0 Å². The summed E-state index contributed by atoms with van der Waals surface area (Å²) in [7, 11) is 0. The minimum atomic E-state index is -0.658. The molecule has 0 unspecified atom stereocenters. The van der Waals surface area contributed by atoms with Crippen LogP contribution in [0, 0.1) is 0 Å². The van der Waals surface area contributed by atoms with E-state index in [-0.39, 0.29) is 61.9 Å². The van der Waals surface area contributed by atoms with Gasteiger partial charge in [0.15, 0.2) is 0 Å². The summed E-state index contributed by atoms with van der Waals surface area (Å²) in [4.78, 5) is 6.13. The molecule has 4 nitrogen and oxygen atoms in total. The van der Waals surface area contributed by atoms with Crippen molar-refractivity contribution in [2.75, 3.05) is 14.7 Å². The van der Waals surface area contributed by atoms with Gasteiger partial charge in [-0.15, -0.1) is 0 Å². The number of para-hydroxylation sites is 3. The van der Waals surface area contributed by atoms with Crippen molar-refractivity contribution in [1.82, 2.24) is 4.57 Å². The number of nitrogens with zero attached hydrogens (tertiary/aromatic N) is 4. The molecule has 5 heteroatoms. The third kappa shape index (κ3) is 9.63. The molecule has 0 aliphatic carbocycles. The lowest BCUT2D eigenvalue weighted by Gasteiger charge is -2.46. The fourth-order valence-corrected chi connectivity index (χ4v) is 13.3. The van der Waals surface area contributed by atoms with Crippen LogP contribution < -0.4 is 31.1 Å². The first-order valence-corrected chi connectivity index (χ1v) is 30.5. The topological polar surface area (TPSA) is 14.7 Å². The van der Waals surface area contributed by atoms with Gasteiger partial charge in [-0.2, -0.15) is 0 Å². The van der Waals surface area contributed by atoms with Gasteiger partial charge in [0.05, 0.1) is 41.4 Å². The van der Waals surface area contributed by atoms with Gasteiger partial charge in [0, 0.05) is 73.1 Å². The maximum atomic E-state index is 9.76. The highest BCUT2D eigenvalue weighted by Crippen LogP contribution is 2.53. The number of aromatic nitrogens is 1. The zero-order chi connectivity index (χ0) is 77.2. The highest BCUT2D eigenvalue weighted by Gasteiger charge is 2.46. The van der Waals surface area contributed by atoms with E-state index < -0.39 is 109 Å². The van der Waals surface area contributed by atoms with Crippen molar-refractivity contribution >= 4 is 96.1 Å². The van der Waals surface area contributed by atoms with Crippen molar-refractivity contribution in [2.24, 2.45) is 0 Å². The van der Waals surface area contributed by atoms with Crippen LogP contribution in [0.5, 0.6) is 0 Å². The highest BCUT2D eigenvalue weighted by molar-refractivity contribution is 7.00. The van der Waals surface area contributed by atoms with E-state index in [1.165, 1.54) is 4.57 Å². The van der Waals surface area contributed by atoms with Gasteiger partial charge in [-0.3, -0.25) is 0 Å². The summed E-state index contributed by atoms with van der Waals surface area (Å²) in [5.41, 5.74) is 14.3. The standard InChI is InChI=1S/C86H69BN4/c1-85(2,3)64-53-73(60-31-16-9-17-32-60)84(74(54-64)61-33-18-10-19-34-61)91-79-52-63(59-29-14-8-15-30-59)43-49-75(79)87-76-50-48-70(57-80(76)90(81-55-65(86(4,5)6)56-82(91)83(81)87)69-38-26-35-62(51-69)58-27-12-7-13-28-58)88(66-36-20-11-21-37-66)67-44-46-68(47-45-67)89-77-41-24-22-39-71(77)72-40-23-25-42-78(72)89/h7-57H,1-6H3/i8D,11D,14D,15D,20D,21D,22D,23D,24D,25D,29D,30D,36D,37D,39D,40D,41D,42D. The average molecular weight is 1190 g/mol. The van der Waals surface area contributed by atoms with Crippen LogP contribution in [0.1, 0.15) is 77.3 Å². The number of benzene rings is 13. The molecule has 0 spiro atoms. The van der Waals surface area contributed by atoms with Crippen LogP contribution in [-0.2, 0) is 10.8 Å². The second-order valence-electron chi connectivity index (χ2n) is 25.2. The first-order chi connectivity index (χ1) is 51.9. The third-order valence-corrected chi connectivity index (χ3v) is 17.7. The predicted molar refractivity (Wildman–Crippen MR) is 389 cm³/mol. The molecule has 0 N–H and O–H groups in total. The Balaban J connectivity index is 1.02. The molecule has 0 atom stereocenters. The zero-order valence-electron chi connectivity index (χ0n) is 68.9. The molecule has 16 rings (SSSR count). The minimum absolute atomic E-state index is 0.0214. The monoisotopic (exact) mass is 1190 g/mol. The number of rotatable bonds is 10. The zero-order valence-corrected chi connectivity index (χ0v) is 50.9. The normalized spacial score (nSPS) is 15.4. The molecule has 2 aliphatic rings. The minimum Gasteiger partial charge on any atom is -0.311 e. The molecule has 91 heavy (non-hydrogen) atoms. The van der Waals surface area contributed by atoms with Gasteiger partial charge in [-0.05, 0) is 175 Å². The Morgan fingerprint density at radius 2 is 0.824 bits per heavy atom. The van der Waals surface area contributed by atoms with Crippen LogP contribution in [0.4, 0.5) is 51.2 Å². The Morgan fingerprint density at radius 3 is 1.42 bits per heavy atom. The molecular formula is C86H69BN4. The summed E-state index contributed by atoms with van der Waals surface area (Å²) in [5, 5.41) is -0.221. The SMILES string of the molecule is [2H]c1c([2H])c([2H])c(-c2ccc3c(c2)N(c2c(-c4ccccc4)cc(C(C)(C)C)cc2-c2ccccc2)c2cc(C(C)(C)C)cc4c2B3c2ccc(N(c3ccc(-n5c6c([2H])c([2H])c([2H])c([2H])c6c6c([2H])c([2H])c([2H])c([2H])c65)cc3)c3c([2H])c([2H])c([2H])c([2H])c3[2H])cc2N4c2cccc(-c3ccccc3)c2)c([2H])c1[2H]. The molecule has 13 aromatic carbocycles. The van der Waals surface area contributed by atoms with Crippen LogP contribution in [0.25, 0.3) is 72.0 Å². The molecular weight excluding hydrogens is 1100 g/mol. The van der Waals surface area contributed by atoms with Crippen molar-refractivity contribution in [3.8, 4) is 50.2 Å². The van der Waals surface area contributed by atoms with Gasteiger partial charge >= 0.3 is 0 Å². The molecule has 1 aromatic heterocycles. The van der Waals surface area contributed by atoms with Gasteiger partial charge in [-0.25, -0.2) is 0 Å². The molecule has 0 radical (unpaired) electrons. The Labute approximate surface area is 560 Å². The number of anilines is 9. The Morgan fingerprint density at radius 1 is 0.341 bits per heavy atom. The van der Waals surface area contributed by atoms with E-state index in [9.17, 15) is 11.0 Å². The van der Waals surface area contributed by atoms with Crippen molar-refractivity contribution in [3.05, 3.63) is 320 Å². The number of hydrogen-bond donors (Lipinski definition) is 0. The van der Waals surface area contributed by atoms with Crippen molar-refractivity contribution < 1.29 is 24.7 Å². The molecule has 0 saturated carbocycles. The van der Waals surface area contributed by atoms with E-state index in [1.54, 1.807) is 29.2 Å². The quantitative estimate of drug-likeness (QED) is 0.127. The molecule has 0 saturated heterocycles. The Hall–Kier alpha value is -10.9. The molecule has 0 bridgehead atoms. The van der Waals surface area contributed by atoms with Crippen LogP contribution in [0.15, 0.2) is 309 Å². The summed E-state index contributed by atoms with van der Waals surface area (Å²) in [6.45, 7) is 12.4. The van der Waals surface area contributed by atoms with Gasteiger partial charge < -0.3 is 19.3 Å². The predicted octanol–water partition coefficient (Wildman–Crippen LogP) is 21.6. The number of fused-ring (bicyclic) bond motifs is 7. The lowest BCUT2D eigenvalue weighted by molar-refractivity contribution is 0.590. The fourth-order valence-electron chi connectivity index (χ4n) is 13.3. The summed E-state index contributed by atoms with van der Waals surface area (Å²) >= 11 is 0. The van der Waals surface area contributed by atoms with E-state index >= 15 is 0 Å².